The van der Waals surface area contributed by atoms with Crippen LogP contribution >= 0.6 is 0 Å². The second kappa shape index (κ2) is 15.6. The molecule has 1 fully saturated rings. The zero-order chi connectivity index (χ0) is 28.1. The van der Waals surface area contributed by atoms with Crippen LogP contribution < -0.4 is 0 Å². The molecule has 4 aromatic carbocycles. The maximum Gasteiger partial charge on any atom is 0.115 e. The van der Waals surface area contributed by atoms with E-state index in [4.69, 9.17) is 23.7 Å². The van der Waals surface area contributed by atoms with E-state index in [1.807, 2.05) is 121 Å². The molecule has 5 atom stereocenters. The first kappa shape index (κ1) is 29.1. The third-order valence-electron chi connectivity index (χ3n) is 7.16. The van der Waals surface area contributed by atoms with Crippen molar-refractivity contribution in [1.29, 1.82) is 0 Å². The molecule has 1 aliphatic rings. The number of rotatable bonds is 14. The Morgan fingerprint density at radius 1 is 0.463 bits per heavy atom. The Hall–Kier alpha value is -3.36. The maximum absolute atomic E-state index is 10.4. The van der Waals surface area contributed by atoms with Crippen molar-refractivity contribution >= 4 is 0 Å². The van der Waals surface area contributed by atoms with Gasteiger partial charge in [0.1, 0.15) is 30.5 Å². The number of hydrogen-bond acceptors (Lipinski definition) is 6. The van der Waals surface area contributed by atoms with Crippen LogP contribution in [0, 0.1) is 0 Å². The monoisotopic (exact) mass is 554 g/mol. The van der Waals surface area contributed by atoms with Gasteiger partial charge in [-0.25, -0.2) is 0 Å². The summed E-state index contributed by atoms with van der Waals surface area (Å²) in [6, 6.07) is 40.1. The summed E-state index contributed by atoms with van der Waals surface area (Å²) in [6.07, 6.45) is -2.66. The Bertz CT molecular complexity index is 1260. The van der Waals surface area contributed by atoms with Crippen molar-refractivity contribution in [2.24, 2.45) is 0 Å². The van der Waals surface area contributed by atoms with Gasteiger partial charge in [-0.3, -0.25) is 0 Å². The lowest BCUT2D eigenvalue weighted by atomic mass is 9.94. The Balaban J connectivity index is 1.38. The van der Waals surface area contributed by atoms with Crippen molar-refractivity contribution in [2.75, 3.05) is 13.2 Å². The third kappa shape index (κ3) is 8.57. The van der Waals surface area contributed by atoms with Crippen LogP contribution in [0.3, 0.4) is 0 Å². The van der Waals surface area contributed by atoms with E-state index in [0.717, 1.165) is 22.3 Å². The van der Waals surface area contributed by atoms with Gasteiger partial charge in [0.25, 0.3) is 0 Å². The van der Waals surface area contributed by atoms with E-state index >= 15 is 0 Å². The van der Waals surface area contributed by atoms with Gasteiger partial charge in [-0.15, -0.1) is 0 Å². The Labute approximate surface area is 242 Å². The highest BCUT2D eigenvalue weighted by atomic mass is 16.6. The van der Waals surface area contributed by atoms with E-state index in [1.165, 1.54) is 0 Å². The fourth-order valence-corrected chi connectivity index (χ4v) is 5.03. The molecule has 5 rings (SSSR count). The van der Waals surface area contributed by atoms with Gasteiger partial charge in [0, 0.05) is 0 Å². The average molecular weight is 555 g/mol. The lowest BCUT2D eigenvalue weighted by Gasteiger charge is -2.46. The van der Waals surface area contributed by atoms with E-state index in [1.54, 1.807) is 0 Å². The Morgan fingerprint density at radius 3 is 1.24 bits per heavy atom. The largest absolute Gasteiger partial charge is 0.394 e. The standard InChI is InChI=1S/C35H38O6/c36-21-31-33(38-23-28-15-7-2-8-16-28)35(40-25-30-19-11-4-12-20-30)34(39-24-29-17-9-3-10-18-29)32(41-31)26-37-22-27-13-5-1-6-14-27/h1-20,31-36H,21-26H2/t31-,32-,33-,34-,35-/m1/s1. The summed E-state index contributed by atoms with van der Waals surface area (Å²) in [5, 5.41) is 10.4. The van der Waals surface area contributed by atoms with Crippen LogP contribution in [0.25, 0.3) is 0 Å². The van der Waals surface area contributed by atoms with Gasteiger partial charge < -0.3 is 28.8 Å². The third-order valence-corrected chi connectivity index (χ3v) is 7.16. The number of benzene rings is 4. The summed E-state index contributed by atoms with van der Waals surface area (Å²) in [5.41, 5.74) is 4.19. The molecule has 0 aromatic heterocycles. The molecular formula is C35H38O6. The topological polar surface area (TPSA) is 66.4 Å². The first-order chi connectivity index (χ1) is 20.3. The van der Waals surface area contributed by atoms with Gasteiger partial charge in [-0.05, 0) is 22.3 Å². The highest BCUT2D eigenvalue weighted by Gasteiger charge is 2.48. The molecule has 0 spiro atoms. The predicted molar refractivity (Wildman–Crippen MR) is 157 cm³/mol. The van der Waals surface area contributed by atoms with Gasteiger partial charge in [-0.2, -0.15) is 0 Å². The Morgan fingerprint density at radius 2 is 0.829 bits per heavy atom. The number of aliphatic hydroxyl groups is 1. The smallest absolute Gasteiger partial charge is 0.115 e. The van der Waals surface area contributed by atoms with Gasteiger partial charge in [0.2, 0.25) is 0 Å². The van der Waals surface area contributed by atoms with Crippen LogP contribution in [0.1, 0.15) is 22.3 Å². The molecule has 0 saturated carbocycles. The molecule has 0 bridgehead atoms. The van der Waals surface area contributed by atoms with Crippen molar-refractivity contribution in [3.05, 3.63) is 144 Å². The van der Waals surface area contributed by atoms with Crippen LogP contribution in [-0.2, 0) is 50.1 Å². The van der Waals surface area contributed by atoms with Crippen molar-refractivity contribution in [1.82, 2.24) is 0 Å². The van der Waals surface area contributed by atoms with Crippen LogP contribution in [0.15, 0.2) is 121 Å². The maximum atomic E-state index is 10.4. The molecule has 41 heavy (non-hydrogen) atoms. The van der Waals surface area contributed by atoms with Crippen LogP contribution in [0.2, 0.25) is 0 Å². The van der Waals surface area contributed by atoms with Crippen molar-refractivity contribution in [3.63, 3.8) is 0 Å². The fraction of sp³-hybridized carbons (Fsp3) is 0.314. The van der Waals surface area contributed by atoms with Gasteiger partial charge in [0.05, 0.1) is 39.6 Å². The lowest BCUT2D eigenvalue weighted by molar-refractivity contribution is -0.277. The zero-order valence-electron chi connectivity index (χ0n) is 23.2. The van der Waals surface area contributed by atoms with Gasteiger partial charge >= 0.3 is 0 Å². The van der Waals surface area contributed by atoms with E-state index in [9.17, 15) is 5.11 Å². The molecule has 1 N–H and O–H groups in total. The fourth-order valence-electron chi connectivity index (χ4n) is 5.03. The minimum absolute atomic E-state index is 0.217. The molecule has 4 aromatic rings. The number of hydrogen-bond donors (Lipinski definition) is 1. The zero-order valence-corrected chi connectivity index (χ0v) is 23.2. The molecule has 0 amide bonds. The molecule has 214 valence electrons. The van der Waals surface area contributed by atoms with Crippen LogP contribution in [0.4, 0.5) is 0 Å². The SMILES string of the molecule is OC[C@H]1O[C@H](COCc2ccccc2)[C@@H](OCc2ccccc2)[C@H](OCc2ccccc2)[C@@H]1OCc1ccccc1. The second-order valence-electron chi connectivity index (χ2n) is 10.2. The van der Waals surface area contributed by atoms with Gasteiger partial charge in [0.15, 0.2) is 0 Å². The number of ether oxygens (including phenoxy) is 5. The predicted octanol–water partition coefficient (Wildman–Crippen LogP) is 5.72. The van der Waals surface area contributed by atoms with Crippen molar-refractivity contribution in [2.45, 2.75) is 56.9 Å². The molecule has 1 saturated heterocycles. The first-order valence-corrected chi connectivity index (χ1v) is 14.1. The van der Waals surface area contributed by atoms with Crippen molar-refractivity contribution < 1.29 is 28.8 Å². The molecule has 0 unspecified atom stereocenters. The summed E-state index contributed by atoms with van der Waals surface area (Å²) >= 11 is 0. The minimum Gasteiger partial charge on any atom is -0.394 e. The van der Waals surface area contributed by atoms with E-state index in [2.05, 4.69) is 0 Å². The first-order valence-electron chi connectivity index (χ1n) is 14.1. The molecule has 6 heteroatoms. The van der Waals surface area contributed by atoms with Crippen molar-refractivity contribution in [3.8, 4) is 0 Å². The molecule has 0 radical (unpaired) electrons. The second-order valence-corrected chi connectivity index (χ2v) is 10.2. The summed E-state index contributed by atoms with van der Waals surface area (Å²) in [7, 11) is 0. The van der Waals surface area contributed by atoms with E-state index < -0.39 is 30.5 Å². The quantitative estimate of drug-likeness (QED) is 0.215. The van der Waals surface area contributed by atoms with E-state index in [-0.39, 0.29) is 13.2 Å². The lowest BCUT2D eigenvalue weighted by Crippen LogP contribution is -2.62. The molecule has 1 aliphatic heterocycles. The summed E-state index contributed by atoms with van der Waals surface area (Å²) in [5.74, 6) is 0. The molecule has 1 heterocycles. The molecular weight excluding hydrogens is 516 g/mol. The van der Waals surface area contributed by atoms with Gasteiger partial charge in [-0.1, -0.05) is 121 Å². The Kier molecular flexibility index (Phi) is 11.1. The normalized spacial score (nSPS) is 22.4. The minimum atomic E-state index is -0.610. The molecule has 0 aliphatic carbocycles. The summed E-state index contributed by atoms with van der Waals surface area (Å²) < 4.78 is 32.2. The summed E-state index contributed by atoms with van der Waals surface area (Å²) in [6.45, 7) is 1.62. The highest BCUT2D eigenvalue weighted by Crippen LogP contribution is 2.31. The van der Waals surface area contributed by atoms with Crippen LogP contribution in [0.5, 0.6) is 0 Å². The van der Waals surface area contributed by atoms with E-state index in [0.29, 0.717) is 26.4 Å². The van der Waals surface area contributed by atoms with Crippen LogP contribution in [-0.4, -0.2) is 48.8 Å². The average Bonchev–Trinajstić information content (AvgIpc) is 3.04. The highest BCUT2D eigenvalue weighted by molar-refractivity contribution is 5.16. The summed E-state index contributed by atoms with van der Waals surface area (Å²) in [4.78, 5) is 0. The molecule has 6 nitrogen and oxygen atoms in total. The number of aliphatic hydroxyl groups excluding tert-OH is 1.